The van der Waals surface area contributed by atoms with Gasteiger partial charge in [-0.3, -0.25) is 4.79 Å². The van der Waals surface area contributed by atoms with E-state index in [4.69, 9.17) is 15.7 Å². The highest BCUT2D eigenvalue weighted by Gasteiger charge is 2.45. The van der Waals surface area contributed by atoms with Crippen LogP contribution in [0.4, 0.5) is 0 Å². The number of oxime groups is 1. The molecule has 1 heterocycles. The van der Waals surface area contributed by atoms with Crippen LogP contribution in [0.25, 0.3) is 0 Å². The van der Waals surface area contributed by atoms with E-state index in [0.717, 1.165) is 38.7 Å². The lowest BCUT2D eigenvalue weighted by Crippen LogP contribution is -2.52. The monoisotopic (exact) mass is 297 g/mol. The summed E-state index contributed by atoms with van der Waals surface area (Å²) in [6.07, 6.45) is 6.49. The third-order valence-electron chi connectivity index (χ3n) is 4.85. The topological polar surface area (TPSA) is 88.2 Å². The number of amides is 1. The van der Waals surface area contributed by atoms with Crippen molar-refractivity contribution in [3.8, 4) is 0 Å². The van der Waals surface area contributed by atoms with Crippen LogP contribution >= 0.6 is 0 Å². The van der Waals surface area contributed by atoms with Crippen molar-refractivity contribution in [2.24, 2.45) is 22.2 Å². The Balaban J connectivity index is 2.06. The molecule has 2 aliphatic rings. The Labute approximate surface area is 126 Å². The minimum atomic E-state index is -0.808. The van der Waals surface area contributed by atoms with Crippen LogP contribution in [0.5, 0.6) is 0 Å². The molecule has 0 radical (unpaired) electrons. The van der Waals surface area contributed by atoms with Gasteiger partial charge in [-0.25, -0.2) is 0 Å². The van der Waals surface area contributed by atoms with Gasteiger partial charge in [0.05, 0.1) is 6.61 Å². The second-order valence-electron chi connectivity index (χ2n) is 6.40. The van der Waals surface area contributed by atoms with E-state index >= 15 is 0 Å². The van der Waals surface area contributed by atoms with E-state index in [1.807, 2.05) is 7.05 Å². The van der Waals surface area contributed by atoms with Gasteiger partial charge in [-0.15, -0.1) is 0 Å². The number of carbonyl (C=O) groups is 1. The summed E-state index contributed by atoms with van der Waals surface area (Å²) in [4.78, 5) is 14.7. The molecule has 0 bridgehead atoms. The summed E-state index contributed by atoms with van der Waals surface area (Å²) in [5.74, 6) is 0.447. The molecule has 1 atom stereocenters. The van der Waals surface area contributed by atoms with Crippen LogP contribution in [0.15, 0.2) is 5.16 Å². The Hall–Kier alpha value is -1.30. The predicted molar refractivity (Wildman–Crippen MR) is 80.1 cm³/mol. The average molecular weight is 297 g/mol. The Morgan fingerprint density at radius 3 is 2.67 bits per heavy atom. The zero-order valence-electron chi connectivity index (χ0n) is 12.9. The van der Waals surface area contributed by atoms with Crippen LogP contribution in [0.3, 0.4) is 0 Å². The van der Waals surface area contributed by atoms with E-state index in [0.29, 0.717) is 31.9 Å². The van der Waals surface area contributed by atoms with Crippen molar-refractivity contribution in [1.82, 2.24) is 4.90 Å². The molecule has 3 N–H and O–H groups in total. The first-order chi connectivity index (χ1) is 10.1. The Bertz CT molecular complexity index is 386. The molecule has 120 valence electrons. The van der Waals surface area contributed by atoms with Gasteiger partial charge in [0.2, 0.25) is 5.91 Å². The van der Waals surface area contributed by atoms with Crippen molar-refractivity contribution >= 4 is 11.7 Å². The van der Waals surface area contributed by atoms with E-state index in [2.05, 4.69) is 5.16 Å². The number of ether oxygens (including phenoxy) is 1. The molecule has 0 aromatic heterocycles. The second-order valence-corrected chi connectivity index (χ2v) is 6.40. The SMILES string of the molecule is CN(CC1CCCOC1)C(=O)C1(C(N)=NO)CCCCC1. The Kier molecular flexibility index (Phi) is 5.45. The molecule has 1 aliphatic heterocycles. The lowest BCUT2D eigenvalue weighted by molar-refractivity contribution is -0.139. The van der Waals surface area contributed by atoms with Crippen LogP contribution in [-0.4, -0.2) is 48.7 Å². The lowest BCUT2D eigenvalue weighted by Gasteiger charge is -2.38. The van der Waals surface area contributed by atoms with Gasteiger partial charge < -0.3 is 20.6 Å². The summed E-state index contributed by atoms with van der Waals surface area (Å²) in [5.41, 5.74) is 5.07. The summed E-state index contributed by atoms with van der Waals surface area (Å²) >= 11 is 0. The predicted octanol–water partition coefficient (Wildman–Crippen LogP) is 1.57. The number of hydrogen-bond acceptors (Lipinski definition) is 4. The maximum atomic E-state index is 12.9. The fraction of sp³-hybridized carbons (Fsp3) is 0.867. The van der Waals surface area contributed by atoms with Crippen LogP contribution < -0.4 is 5.73 Å². The molecule has 0 aromatic rings. The molecule has 1 aliphatic carbocycles. The molecule has 6 nitrogen and oxygen atoms in total. The summed E-state index contributed by atoms with van der Waals surface area (Å²) < 4.78 is 5.48. The van der Waals surface area contributed by atoms with Crippen LogP contribution in [0.2, 0.25) is 0 Å². The lowest BCUT2D eigenvalue weighted by atomic mass is 9.72. The Morgan fingerprint density at radius 1 is 1.38 bits per heavy atom. The number of nitrogens with zero attached hydrogens (tertiary/aromatic N) is 2. The molecule has 0 spiro atoms. The number of amidine groups is 1. The Morgan fingerprint density at radius 2 is 2.10 bits per heavy atom. The third-order valence-corrected chi connectivity index (χ3v) is 4.85. The van der Waals surface area contributed by atoms with Gasteiger partial charge in [-0.2, -0.15) is 0 Å². The quantitative estimate of drug-likeness (QED) is 0.357. The van der Waals surface area contributed by atoms with Crippen molar-refractivity contribution < 1.29 is 14.7 Å². The summed E-state index contributed by atoms with van der Waals surface area (Å²) in [6, 6.07) is 0. The van der Waals surface area contributed by atoms with Crippen molar-refractivity contribution in [2.75, 3.05) is 26.8 Å². The van der Waals surface area contributed by atoms with Crippen LogP contribution in [0, 0.1) is 11.3 Å². The highest BCUT2D eigenvalue weighted by molar-refractivity contribution is 6.06. The zero-order chi connectivity index (χ0) is 15.3. The largest absolute Gasteiger partial charge is 0.409 e. The second kappa shape index (κ2) is 7.11. The van der Waals surface area contributed by atoms with Gasteiger partial charge in [-0.1, -0.05) is 24.4 Å². The van der Waals surface area contributed by atoms with Gasteiger partial charge in [0, 0.05) is 20.2 Å². The maximum Gasteiger partial charge on any atom is 0.236 e. The van der Waals surface area contributed by atoms with E-state index in [1.54, 1.807) is 4.90 Å². The molecule has 21 heavy (non-hydrogen) atoms. The van der Waals surface area contributed by atoms with Gasteiger partial charge in [0.25, 0.3) is 0 Å². The molecular weight excluding hydrogens is 270 g/mol. The van der Waals surface area contributed by atoms with E-state index in [9.17, 15) is 4.79 Å². The van der Waals surface area contributed by atoms with Crippen molar-refractivity contribution in [3.05, 3.63) is 0 Å². The maximum absolute atomic E-state index is 12.9. The summed E-state index contributed by atoms with van der Waals surface area (Å²) in [6.45, 7) is 2.22. The summed E-state index contributed by atoms with van der Waals surface area (Å²) in [5, 5.41) is 12.2. The molecule has 2 rings (SSSR count). The van der Waals surface area contributed by atoms with Gasteiger partial charge in [0.1, 0.15) is 5.41 Å². The first kappa shape index (κ1) is 16.1. The van der Waals surface area contributed by atoms with Crippen molar-refractivity contribution in [1.29, 1.82) is 0 Å². The van der Waals surface area contributed by atoms with Gasteiger partial charge in [-0.05, 0) is 31.6 Å². The molecule has 1 saturated heterocycles. The highest BCUT2D eigenvalue weighted by atomic mass is 16.5. The standard InChI is InChI=1S/C15H27N3O3/c1-18(10-12-6-5-9-21-11-12)14(19)15(13(16)17-20)7-3-2-4-8-15/h12,20H,2-11H2,1H3,(H2,16,17). The molecular formula is C15H27N3O3. The molecule has 0 aromatic carbocycles. The minimum Gasteiger partial charge on any atom is -0.409 e. The molecule has 6 heteroatoms. The van der Waals surface area contributed by atoms with Crippen molar-refractivity contribution in [3.63, 3.8) is 0 Å². The van der Waals surface area contributed by atoms with E-state index in [-0.39, 0.29) is 11.7 Å². The van der Waals surface area contributed by atoms with Crippen LogP contribution in [-0.2, 0) is 9.53 Å². The summed E-state index contributed by atoms with van der Waals surface area (Å²) in [7, 11) is 1.82. The first-order valence-corrected chi connectivity index (χ1v) is 7.91. The fourth-order valence-corrected chi connectivity index (χ4v) is 3.62. The molecule has 1 saturated carbocycles. The van der Waals surface area contributed by atoms with Gasteiger partial charge >= 0.3 is 0 Å². The first-order valence-electron chi connectivity index (χ1n) is 7.91. The van der Waals surface area contributed by atoms with E-state index < -0.39 is 5.41 Å². The molecule has 2 fully saturated rings. The minimum absolute atomic E-state index is 0.0110. The number of nitrogens with two attached hydrogens (primary N) is 1. The average Bonchev–Trinajstić information content (AvgIpc) is 2.54. The highest BCUT2D eigenvalue weighted by Crippen LogP contribution is 2.38. The number of rotatable bonds is 4. The molecule has 1 amide bonds. The van der Waals surface area contributed by atoms with Gasteiger partial charge in [0.15, 0.2) is 5.84 Å². The van der Waals surface area contributed by atoms with Crippen LogP contribution in [0.1, 0.15) is 44.9 Å². The zero-order valence-corrected chi connectivity index (χ0v) is 12.9. The van der Waals surface area contributed by atoms with Crippen molar-refractivity contribution in [2.45, 2.75) is 44.9 Å². The smallest absolute Gasteiger partial charge is 0.236 e. The number of carbonyl (C=O) groups excluding carboxylic acids is 1. The number of hydrogen-bond donors (Lipinski definition) is 2. The molecule has 1 unspecified atom stereocenters. The fourth-order valence-electron chi connectivity index (χ4n) is 3.62. The third kappa shape index (κ3) is 3.48. The van der Waals surface area contributed by atoms with E-state index in [1.165, 1.54) is 0 Å². The normalized spacial score (nSPS) is 26.3.